The Morgan fingerprint density at radius 1 is 1.10 bits per heavy atom. The zero-order valence-corrected chi connectivity index (χ0v) is 11.8. The minimum Gasteiger partial charge on any atom is -0.445 e. The molecular weight excluding hydrogens is 346 g/mol. The summed E-state index contributed by atoms with van der Waals surface area (Å²) in [4.78, 5) is 0. The van der Waals surface area contributed by atoms with Crippen LogP contribution in [-0.2, 0) is 26.5 Å². The Labute approximate surface area is 117 Å². The fourth-order valence-electron chi connectivity index (χ4n) is 1.61. The summed E-state index contributed by atoms with van der Waals surface area (Å²) in [6.45, 7) is -4.80. The van der Waals surface area contributed by atoms with E-state index in [1.54, 1.807) is 0 Å². The Bertz CT molecular complexity index is 756. The average Bonchev–Trinajstić information content (AvgIpc) is 2.16. The zero-order chi connectivity index (χ0) is 16.6. The van der Waals surface area contributed by atoms with Crippen LogP contribution >= 0.6 is 0 Å². The first-order valence-corrected chi connectivity index (χ1v) is 7.95. The Morgan fingerprint density at radius 3 is 2.00 bits per heavy atom. The lowest BCUT2D eigenvalue weighted by molar-refractivity contribution is 0.439. The van der Waals surface area contributed by atoms with Crippen molar-refractivity contribution in [2.45, 2.75) is 12.7 Å². The van der Waals surface area contributed by atoms with Crippen molar-refractivity contribution in [1.82, 2.24) is 0 Å². The third kappa shape index (κ3) is 5.49. The molecule has 13 heteroatoms. The van der Waals surface area contributed by atoms with Crippen LogP contribution in [0.4, 0.5) is 20.7 Å². The van der Waals surface area contributed by atoms with Crippen molar-refractivity contribution in [1.29, 1.82) is 0 Å². The van der Waals surface area contributed by atoms with Gasteiger partial charge in [0.05, 0.1) is 0 Å². The van der Waals surface area contributed by atoms with Gasteiger partial charge in [0.15, 0.2) is 0 Å². The largest absolute Gasteiger partial charge is 0.510 e. The quantitative estimate of drug-likeness (QED) is 0.455. The van der Waals surface area contributed by atoms with Crippen LogP contribution in [0.25, 0.3) is 0 Å². The molecule has 0 heterocycles. The smallest absolute Gasteiger partial charge is 0.445 e. The van der Waals surface area contributed by atoms with E-state index in [-0.39, 0.29) is 6.07 Å². The monoisotopic (exact) mass is 353 g/mol. The molecule has 0 saturated heterocycles. The van der Waals surface area contributed by atoms with Crippen molar-refractivity contribution < 1.29 is 41.7 Å². The van der Waals surface area contributed by atoms with E-state index in [1.165, 1.54) is 0 Å². The molecule has 1 rings (SSSR count). The van der Waals surface area contributed by atoms with Gasteiger partial charge in [-0.25, -0.2) is 0 Å². The molecular formula is C8H7BF5O5S2-. The van der Waals surface area contributed by atoms with Gasteiger partial charge >= 0.3 is 27.7 Å². The molecule has 0 aliphatic rings. The van der Waals surface area contributed by atoms with Gasteiger partial charge in [0.25, 0.3) is 0 Å². The first-order chi connectivity index (χ1) is 9.19. The molecule has 0 saturated carbocycles. The Morgan fingerprint density at radius 2 is 1.62 bits per heavy atom. The van der Waals surface area contributed by atoms with Crippen LogP contribution in [0.3, 0.4) is 0 Å². The molecule has 21 heavy (non-hydrogen) atoms. The summed E-state index contributed by atoms with van der Waals surface area (Å²) in [5.41, 5.74) is -2.71. The highest BCUT2D eigenvalue weighted by molar-refractivity contribution is 7.85. The third-order valence-corrected chi connectivity index (χ3v) is 3.45. The lowest BCUT2D eigenvalue weighted by Gasteiger charge is -2.21. The van der Waals surface area contributed by atoms with Gasteiger partial charge in [-0.1, -0.05) is 9.45 Å². The number of benzene rings is 1. The number of halogens is 5. The minimum atomic E-state index is -5.68. The fourth-order valence-corrected chi connectivity index (χ4v) is 2.60. The molecule has 0 aliphatic carbocycles. The molecule has 0 fully saturated rings. The van der Waals surface area contributed by atoms with Gasteiger partial charge in [-0.05, 0) is 24.6 Å². The van der Waals surface area contributed by atoms with Crippen LogP contribution in [-0.4, -0.2) is 23.8 Å². The average molecular weight is 353 g/mol. The molecule has 0 radical (unpaired) electrons. The molecule has 0 amide bonds. The summed E-state index contributed by atoms with van der Waals surface area (Å²) in [6.07, 6.45) is 0. The highest BCUT2D eigenvalue weighted by atomic mass is 32.3. The molecule has 120 valence electrons. The lowest BCUT2D eigenvalue weighted by Crippen LogP contribution is -2.37. The summed E-state index contributed by atoms with van der Waals surface area (Å²) in [6, 6.07) is 0.704. The minimum absolute atomic E-state index is 0.195. The summed E-state index contributed by atoms with van der Waals surface area (Å²) in [5.74, 6) is -2.53. The van der Waals surface area contributed by atoms with E-state index < -0.39 is 55.8 Å². The molecule has 0 bridgehead atoms. The number of hydrogen-bond acceptors (Lipinski definition) is 5. The molecule has 5 nitrogen and oxygen atoms in total. The van der Waals surface area contributed by atoms with Gasteiger partial charge in [0.1, 0.15) is 11.5 Å². The van der Waals surface area contributed by atoms with Crippen molar-refractivity contribution in [3.05, 3.63) is 23.3 Å². The molecule has 1 aromatic rings. The molecule has 0 unspecified atom stereocenters. The topological polar surface area (TPSA) is 77.5 Å². The van der Waals surface area contributed by atoms with Crippen LogP contribution in [0, 0.1) is 6.92 Å². The van der Waals surface area contributed by atoms with Crippen molar-refractivity contribution in [2.24, 2.45) is 0 Å². The number of hydrogen-bond donors (Lipinski definition) is 0. The fraction of sp³-hybridized carbons (Fsp3) is 0.250. The van der Waals surface area contributed by atoms with Gasteiger partial charge in [0, 0.05) is 0 Å². The van der Waals surface area contributed by atoms with E-state index in [9.17, 15) is 37.6 Å². The molecule has 0 aliphatic heterocycles. The van der Waals surface area contributed by atoms with Gasteiger partial charge < -0.3 is 17.1 Å². The lowest BCUT2D eigenvalue weighted by atomic mass is 9.76. The zero-order valence-electron chi connectivity index (χ0n) is 10.2. The van der Waals surface area contributed by atoms with Crippen molar-refractivity contribution >= 4 is 33.2 Å². The normalized spacial score (nSPS) is 13.2. The molecule has 1 aromatic carbocycles. The van der Waals surface area contributed by atoms with Gasteiger partial charge in [0.2, 0.25) is 0 Å². The highest BCUT2D eigenvalue weighted by Crippen LogP contribution is 2.24. The Hall–Kier alpha value is -1.37. The van der Waals surface area contributed by atoms with Gasteiger partial charge in [-0.2, -0.15) is 16.8 Å². The van der Waals surface area contributed by atoms with E-state index >= 15 is 0 Å². The third-order valence-electron chi connectivity index (χ3n) is 2.41. The second-order valence-corrected chi connectivity index (χ2v) is 6.35. The Kier molecular flexibility index (Phi) is 4.58. The molecule has 0 aromatic heterocycles. The van der Waals surface area contributed by atoms with E-state index in [1.807, 2.05) is 0 Å². The van der Waals surface area contributed by atoms with Crippen LogP contribution in [0.2, 0.25) is 0 Å². The molecule has 0 spiro atoms. The predicted octanol–water partition coefficient (Wildman–Crippen LogP) is 1.44. The summed E-state index contributed by atoms with van der Waals surface area (Å²) in [5, 5.41) is 0. The molecule has 0 N–H and O–H groups in total. The van der Waals surface area contributed by atoms with Crippen molar-refractivity contribution in [3.63, 3.8) is 0 Å². The first-order valence-electron chi connectivity index (χ1n) is 5.09. The second kappa shape index (κ2) is 5.44. The van der Waals surface area contributed by atoms with E-state index in [4.69, 9.17) is 0 Å². The summed E-state index contributed by atoms with van der Waals surface area (Å²) >= 11 is 0. The Balaban J connectivity index is 3.53. The van der Waals surface area contributed by atoms with Crippen LogP contribution in [0.5, 0.6) is 5.75 Å². The van der Waals surface area contributed by atoms with E-state index in [0.717, 1.165) is 6.92 Å². The van der Waals surface area contributed by atoms with Crippen molar-refractivity contribution in [2.75, 3.05) is 0 Å². The van der Waals surface area contributed by atoms with Crippen LogP contribution in [0.1, 0.15) is 11.1 Å². The SMILES string of the molecule is Cc1c(CS(=O)(=O)F)cc(OS(=O)(=O)F)cc1[B-](F)(F)F. The maximum absolute atomic E-state index is 12.8. The highest BCUT2D eigenvalue weighted by Gasteiger charge is 2.30. The maximum Gasteiger partial charge on any atom is 0.510 e. The number of rotatable bonds is 5. The standard InChI is InChI=1S/C8H7BF5O5S2/c1-5-6(4-20(13,15)16)2-7(19-21(14,17)18)3-8(5)9(10,11)12/h2-3H,4H2,1H3/q-1. The molecule has 0 atom stereocenters. The summed E-state index contributed by atoms with van der Waals surface area (Å²) in [7, 11) is -10.8. The van der Waals surface area contributed by atoms with E-state index in [2.05, 4.69) is 4.18 Å². The van der Waals surface area contributed by atoms with Gasteiger partial charge in [-0.15, -0.1) is 9.35 Å². The van der Waals surface area contributed by atoms with E-state index in [0.29, 0.717) is 6.07 Å². The first kappa shape index (κ1) is 17.7. The van der Waals surface area contributed by atoms with Crippen molar-refractivity contribution in [3.8, 4) is 5.75 Å². The maximum atomic E-state index is 12.8. The van der Waals surface area contributed by atoms with Crippen LogP contribution < -0.4 is 9.65 Å². The van der Waals surface area contributed by atoms with Crippen LogP contribution in [0.15, 0.2) is 12.1 Å². The predicted molar refractivity (Wildman–Crippen MR) is 64.3 cm³/mol. The van der Waals surface area contributed by atoms with Gasteiger partial charge in [-0.3, -0.25) is 0 Å². The summed E-state index contributed by atoms with van der Waals surface area (Å²) < 4.78 is 109. The second-order valence-electron chi connectivity index (χ2n) is 4.03.